The molecule has 0 unspecified atom stereocenters. The van der Waals surface area contributed by atoms with E-state index in [4.69, 9.17) is 22.0 Å². The van der Waals surface area contributed by atoms with E-state index >= 15 is 0 Å². The Hall–Kier alpha value is -3.13. The van der Waals surface area contributed by atoms with Crippen molar-refractivity contribution in [2.45, 2.75) is 37.9 Å². The maximum atomic E-state index is 12.8. The molecule has 1 aliphatic carbocycles. The molecule has 11 heteroatoms. The molecule has 9 nitrogen and oxygen atoms in total. The molecule has 0 bridgehead atoms. The number of alkyl halides is 1. The molecule has 2 aromatic heterocycles. The first kappa shape index (κ1) is 23.0. The van der Waals surface area contributed by atoms with E-state index in [0.29, 0.717) is 36.7 Å². The van der Waals surface area contributed by atoms with Crippen molar-refractivity contribution in [3.05, 3.63) is 58.4 Å². The van der Waals surface area contributed by atoms with Gasteiger partial charge in [0.2, 0.25) is 5.95 Å². The summed E-state index contributed by atoms with van der Waals surface area (Å²) in [5, 5.41) is 19.2. The molecule has 3 fully saturated rings. The Balaban J connectivity index is 1.10. The molecule has 190 valence electrons. The molecule has 3 aromatic rings. The zero-order chi connectivity index (χ0) is 25.1. The number of halogens is 2. The molecule has 2 saturated heterocycles. The lowest BCUT2D eigenvalue weighted by Crippen LogP contribution is -2.62. The number of aromatic nitrogens is 5. The summed E-state index contributed by atoms with van der Waals surface area (Å²) in [4.78, 5) is 15.4. The predicted octanol–water partition coefficient (Wildman–Crippen LogP) is 2.94. The molecule has 5 heterocycles. The van der Waals surface area contributed by atoms with Crippen LogP contribution in [0.5, 0.6) is 0 Å². The Bertz CT molecular complexity index is 1380. The number of hydrogen-bond acceptors (Lipinski definition) is 8. The molecule has 1 saturated carbocycles. The number of hydrogen-bond donors (Lipinski definition) is 0. The largest absolute Gasteiger partial charge is 0.340 e. The summed E-state index contributed by atoms with van der Waals surface area (Å²) in [6, 6.07) is 10.2. The highest BCUT2D eigenvalue weighted by atomic mass is 35.5. The van der Waals surface area contributed by atoms with Crippen LogP contribution in [0.4, 0.5) is 10.3 Å². The fourth-order valence-corrected chi connectivity index (χ4v) is 6.74. The number of anilines is 1. The van der Waals surface area contributed by atoms with E-state index in [1.54, 1.807) is 12.3 Å². The van der Waals surface area contributed by atoms with Crippen molar-refractivity contribution in [1.82, 2.24) is 34.5 Å². The molecule has 4 aliphatic rings. The van der Waals surface area contributed by atoms with E-state index in [-0.39, 0.29) is 12.1 Å². The summed E-state index contributed by atoms with van der Waals surface area (Å²) in [6.45, 7) is 5.26. The Kier molecular flexibility index (Phi) is 5.43. The third-order valence-electron chi connectivity index (χ3n) is 8.43. The van der Waals surface area contributed by atoms with Crippen LogP contribution in [0.2, 0.25) is 5.02 Å². The van der Waals surface area contributed by atoms with Crippen molar-refractivity contribution in [2.24, 2.45) is 5.41 Å². The van der Waals surface area contributed by atoms with Gasteiger partial charge in [-0.1, -0.05) is 11.6 Å². The number of fused-ring (bicyclic) bond motifs is 3. The van der Waals surface area contributed by atoms with Gasteiger partial charge in [0.25, 0.3) is 0 Å². The van der Waals surface area contributed by atoms with Crippen molar-refractivity contribution in [3.8, 4) is 11.8 Å². The highest BCUT2D eigenvalue weighted by Gasteiger charge is 2.55. The lowest BCUT2D eigenvalue weighted by atomic mass is 9.57. The van der Waals surface area contributed by atoms with Gasteiger partial charge in [0.1, 0.15) is 24.3 Å². The molecule has 0 N–H and O–H groups in total. The zero-order valence-electron chi connectivity index (χ0n) is 20.4. The van der Waals surface area contributed by atoms with Crippen molar-refractivity contribution in [2.75, 3.05) is 44.3 Å². The average Bonchev–Trinajstić information content (AvgIpc) is 3.15. The van der Waals surface area contributed by atoms with E-state index < -0.39 is 0 Å². The maximum absolute atomic E-state index is 12.8. The van der Waals surface area contributed by atoms with Crippen LogP contribution in [-0.2, 0) is 13.1 Å². The van der Waals surface area contributed by atoms with Gasteiger partial charge in [0.15, 0.2) is 5.82 Å². The first-order valence-corrected chi connectivity index (χ1v) is 13.2. The highest BCUT2D eigenvalue weighted by Crippen LogP contribution is 2.56. The van der Waals surface area contributed by atoms with Crippen LogP contribution in [0.1, 0.15) is 41.7 Å². The standard InChI is InChI=1S/C26H27ClFN9/c27-19-1-2-22-17(7-19)11-35(21-12-34(13-21)6-4-28)14-23-32-33-24(37(22)23)18-8-26(9-18)15-36(16-26)25-30-5-3-20(10-29)31-25/h1-3,5,7,18,21H,4,6,8-9,11-16H2. The second-order valence-electron chi connectivity index (χ2n) is 10.9. The van der Waals surface area contributed by atoms with Crippen molar-refractivity contribution in [3.63, 3.8) is 0 Å². The molecule has 1 spiro atoms. The molecule has 0 radical (unpaired) electrons. The lowest BCUT2D eigenvalue weighted by molar-refractivity contribution is 0.0203. The van der Waals surface area contributed by atoms with E-state index in [2.05, 4.69) is 52.5 Å². The summed E-state index contributed by atoms with van der Waals surface area (Å²) >= 11 is 6.42. The van der Waals surface area contributed by atoms with E-state index in [1.165, 1.54) is 5.56 Å². The molecule has 1 aromatic carbocycles. The van der Waals surface area contributed by atoms with Crippen LogP contribution in [0.15, 0.2) is 30.5 Å². The van der Waals surface area contributed by atoms with E-state index in [9.17, 15) is 4.39 Å². The minimum atomic E-state index is -0.303. The quantitative estimate of drug-likeness (QED) is 0.508. The molecule has 37 heavy (non-hydrogen) atoms. The number of rotatable bonds is 5. The summed E-state index contributed by atoms with van der Waals surface area (Å²) in [6.07, 6.45) is 3.75. The highest BCUT2D eigenvalue weighted by molar-refractivity contribution is 6.30. The van der Waals surface area contributed by atoms with E-state index in [1.807, 2.05) is 6.07 Å². The van der Waals surface area contributed by atoms with Gasteiger partial charge in [-0.15, -0.1) is 10.2 Å². The number of nitrogens with zero attached hydrogens (tertiary/aromatic N) is 9. The van der Waals surface area contributed by atoms with Crippen LogP contribution in [0.3, 0.4) is 0 Å². The van der Waals surface area contributed by atoms with Gasteiger partial charge in [0, 0.05) is 67.9 Å². The van der Waals surface area contributed by atoms with E-state index in [0.717, 1.165) is 67.9 Å². The van der Waals surface area contributed by atoms with Gasteiger partial charge in [0.05, 0.1) is 12.2 Å². The smallest absolute Gasteiger partial charge is 0.226 e. The van der Waals surface area contributed by atoms with Gasteiger partial charge in [-0.05, 0) is 42.7 Å². The monoisotopic (exact) mass is 519 g/mol. The number of benzene rings is 1. The second kappa shape index (κ2) is 8.72. The summed E-state index contributed by atoms with van der Waals surface area (Å²) in [5.41, 5.74) is 2.93. The average molecular weight is 520 g/mol. The van der Waals surface area contributed by atoms with Crippen LogP contribution >= 0.6 is 11.6 Å². The molecule has 7 rings (SSSR count). The van der Waals surface area contributed by atoms with Gasteiger partial charge in [-0.3, -0.25) is 14.4 Å². The first-order chi connectivity index (χ1) is 18.0. The first-order valence-electron chi connectivity index (χ1n) is 12.8. The minimum Gasteiger partial charge on any atom is -0.340 e. The molecule has 0 amide bonds. The molecule has 0 atom stereocenters. The summed E-state index contributed by atoms with van der Waals surface area (Å²) in [5.74, 6) is 2.96. The van der Waals surface area contributed by atoms with Crippen LogP contribution in [0.25, 0.3) is 5.69 Å². The zero-order valence-corrected chi connectivity index (χ0v) is 21.1. The van der Waals surface area contributed by atoms with Crippen molar-refractivity contribution < 1.29 is 4.39 Å². The van der Waals surface area contributed by atoms with Crippen LogP contribution in [0, 0.1) is 16.7 Å². The fourth-order valence-electron chi connectivity index (χ4n) is 6.54. The van der Waals surface area contributed by atoms with Crippen molar-refractivity contribution >= 4 is 17.5 Å². The predicted molar refractivity (Wildman–Crippen MR) is 135 cm³/mol. The fraction of sp³-hybridized carbons (Fsp3) is 0.500. The molecular formula is C26H27ClFN9. The van der Waals surface area contributed by atoms with Crippen LogP contribution in [-0.4, -0.2) is 80.0 Å². The summed E-state index contributed by atoms with van der Waals surface area (Å²) in [7, 11) is 0. The normalized spacial score (nSPS) is 21.4. The molecule has 3 aliphatic heterocycles. The SMILES string of the molecule is N#Cc1ccnc(N2CC3(CC(c4nnc5n4-c4ccc(Cl)cc4CN(C4CN(CCF)C4)C5)C3)C2)n1. The van der Waals surface area contributed by atoms with Gasteiger partial charge >= 0.3 is 0 Å². The Morgan fingerprint density at radius 3 is 2.76 bits per heavy atom. The Morgan fingerprint density at radius 1 is 1.14 bits per heavy atom. The topological polar surface area (TPSA) is 90.0 Å². The van der Waals surface area contributed by atoms with Gasteiger partial charge in [-0.2, -0.15) is 5.26 Å². The Morgan fingerprint density at radius 2 is 1.97 bits per heavy atom. The third-order valence-corrected chi connectivity index (χ3v) is 8.66. The van der Waals surface area contributed by atoms with Crippen LogP contribution < -0.4 is 4.90 Å². The summed E-state index contributed by atoms with van der Waals surface area (Å²) < 4.78 is 15.0. The van der Waals surface area contributed by atoms with Gasteiger partial charge in [-0.25, -0.2) is 14.4 Å². The second-order valence-corrected chi connectivity index (χ2v) is 11.3. The maximum Gasteiger partial charge on any atom is 0.226 e. The third kappa shape index (κ3) is 3.88. The molecular weight excluding hydrogens is 493 g/mol. The van der Waals surface area contributed by atoms with Gasteiger partial charge < -0.3 is 4.90 Å². The number of nitriles is 1. The van der Waals surface area contributed by atoms with Crippen molar-refractivity contribution in [1.29, 1.82) is 5.26 Å². The lowest BCUT2D eigenvalue weighted by Gasteiger charge is -2.58. The Labute approximate surface area is 219 Å². The number of likely N-dealkylation sites (tertiary alicyclic amines) is 1. The minimum absolute atomic E-state index is 0.245.